The fourth-order valence-corrected chi connectivity index (χ4v) is 2.51. The second-order valence-electron chi connectivity index (χ2n) is 4.24. The molecule has 7 heteroatoms. The van der Waals surface area contributed by atoms with E-state index in [2.05, 4.69) is 9.97 Å². The van der Waals surface area contributed by atoms with Gasteiger partial charge in [0.1, 0.15) is 11.7 Å². The molecule has 2 rings (SSSR count). The first-order valence-corrected chi connectivity index (χ1v) is 6.77. The number of thioether (sulfide) groups is 1. The average molecular weight is 292 g/mol. The standard InChI is InChI=1S/C13H13FN4OS/c1-7-2-11(19)18-13(17-7)20-6-8-3-9(12(15)16)5-10(14)4-8/h2-5H,6H2,1H3,(H3,15,16)(H,17,18,19). The van der Waals surface area contributed by atoms with E-state index in [4.69, 9.17) is 11.1 Å². The van der Waals surface area contributed by atoms with E-state index in [9.17, 15) is 9.18 Å². The van der Waals surface area contributed by atoms with E-state index in [1.165, 1.54) is 30.0 Å². The second kappa shape index (κ2) is 5.87. The van der Waals surface area contributed by atoms with Crippen LogP contribution < -0.4 is 11.3 Å². The summed E-state index contributed by atoms with van der Waals surface area (Å²) in [4.78, 5) is 18.1. The summed E-state index contributed by atoms with van der Waals surface area (Å²) in [6.45, 7) is 1.73. The third-order valence-corrected chi connectivity index (χ3v) is 3.44. The van der Waals surface area contributed by atoms with Crippen LogP contribution in [0.2, 0.25) is 0 Å². The smallest absolute Gasteiger partial charge is 0.251 e. The van der Waals surface area contributed by atoms with Crippen molar-refractivity contribution in [3.8, 4) is 0 Å². The molecule has 0 atom stereocenters. The third-order valence-electron chi connectivity index (χ3n) is 2.49. The maximum Gasteiger partial charge on any atom is 0.251 e. The molecule has 0 bridgehead atoms. The molecule has 0 saturated carbocycles. The van der Waals surface area contributed by atoms with Crippen LogP contribution in [0.1, 0.15) is 16.8 Å². The molecule has 5 nitrogen and oxygen atoms in total. The van der Waals surface area contributed by atoms with Gasteiger partial charge in [-0.1, -0.05) is 11.8 Å². The number of nitrogens with zero attached hydrogens (tertiary/aromatic N) is 1. The van der Waals surface area contributed by atoms with Gasteiger partial charge in [0, 0.05) is 23.1 Å². The largest absolute Gasteiger partial charge is 0.384 e. The predicted octanol–water partition coefficient (Wildman–Crippen LogP) is 1.79. The van der Waals surface area contributed by atoms with Crippen molar-refractivity contribution in [1.82, 2.24) is 9.97 Å². The fourth-order valence-electron chi connectivity index (χ4n) is 1.66. The first kappa shape index (κ1) is 14.3. The maximum atomic E-state index is 13.4. The first-order chi connectivity index (χ1) is 9.44. The van der Waals surface area contributed by atoms with Crippen LogP contribution in [0.15, 0.2) is 34.2 Å². The number of hydrogen-bond acceptors (Lipinski definition) is 4. The van der Waals surface area contributed by atoms with Gasteiger partial charge in [-0.05, 0) is 30.7 Å². The van der Waals surface area contributed by atoms with Crippen LogP contribution in [0.25, 0.3) is 0 Å². The SMILES string of the molecule is Cc1cc(=O)[nH]c(SCc2cc(F)cc(C(=N)N)c2)n1. The molecular formula is C13H13FN4OS. The molecule has 1 heterocycles. The van der Waals surface area contributed by atoms with Crippen molar-refractivity contribution in [3.05, 3.63) is 57.3 Å². The number of nitrogen functional groups attached to an aromatic ring is 1. The van der Waals surface area contributed by atoms with Crippen molar-refractivity contribution in [3.63, 3.8) is 0 Å². The molecule has 0 radical (unpaired) electrons. The number of aromatic nitrogens is 2. The third kappa shape index (κ3) is 3.67. The van der Waals surface area contributed by atoms with Crippen molar-refractivity contribution in [1.29, 1.82) is 5.41 Å². The molecule has 20 heavy (non-hydrogen) atoms. The number of nitrogens with two attached hydrogens (primary N) is 1. The maximum absolute atomic E-state index is 13.4. The summed E-state index contributed by atoms with van der Waals surface area (Å²) in [5.74, 6) is -0.207. The lowest BCUT2D eigenvalue weighted by molar-refractivity contribution is 0.626. The van der Waals surface area contributed by atoms with Gasteiger partial charge in [0.2, 0.25) is 0 Å². The monoisotopic (exact) mass is 292 g/mol. The second-order valence-corrected chi connectivity index (χ2v) is 5.21. The van der Waals surface area contributed by atoms with Crippen molar-refractivity contribution in [2.75, 3.05) is 0 Å². The minimum absolute atomic E-state index is 0.183. The van der Waals surface area contributed by atoms with E-state index in [-0.39, 0.29) is 11.4 Å². The van der Waals surface area contributed by atoms with Crippen molar-refractivity contribution >= 4 is 17.6 Å². The summed E-state index contributed by atoms with van der Waals surface area (Å²) in [5.41, 5.74) is 6.76. The molecule has 0 amide bonds. The van der Waals surface area contributed by atoms with Crippen LogP contribution in [-0.4, -0.2) is 15.8 Å². The van der Waals surface area contributed by atoms with E-state index < -0.39 is 5.82 Å². The van der Waals surface area contributed by atoms with E-state index in [0.29, 0.717) is 27.7 Å². The van der Waals surface area contributed by atoms with Crippen LogP contribution in [0.4, 0.5) is 4.39 Å². The number of hydrogen-bond donors (Lipinski definition) is 3. The predicted molar refractivity (Wildman–Crippen MR) is 76.6 cm³/mol. The Balaban J connectivity index is 2.18. The molecule has 0 saturated heterocycles. The Morgan fingerprint density at radius 3 is 2.85 bits per heavy atom. The summed E-state index contributed by atoms with van der Waals surface area (Å²) < 4.78 is 13.4. The lowest BCUT2D eigenvalue weighted by Gasteiger charge is -2.05. The van der Waals surface area contributed by atoms with Crippen molar-refractivity contribution in [2.45, 2.75) is 17.8 Å². The van der Waals surface area contributed by atoms with Gasteiger partial charge in [-0.3, -0.25) is 10.2 Å². The van der Waals surface area contributed by atoms with Gasteiger partial charge in [0.15, 0.2) is 5.16 Å². The molecule has 4 N–H and O–H groups in total. The Labute approximate surface area is 118 Å². The average Bonchev–Trinajstić information content (AvgIpc) is 2.34. The molecule has 0 fully saturated rings. The van der Waals surface area contributed by atoms with Gasteiger partial charge in [-0.15, -0.1) is 0 Å². The molecule has 0 aliphatic heterocycles. The van der Waals surface area contributed by atoms with Crippen LogP contribution in [0.5, 0.6) is 0 Å². The first-order valence-electron chi connectivity index (χ1n) is 5.78. The Bertz CT molecular complexity index is 714. The van der Waals surface area contributed by atoms with E-state index in [1.807, 2.05) is 0 Å². The Morgan fingerprint density at radius 1 is 1.45 bits per heavy atom. The van der Waals surface area contributed by atoms with Crippen LogP contribution in [0.3, 0.4) is 0 Å². The normalized spacial score (nSPS) is 10.5. The number of aryl methyl sites for hydroxylation is 1. The molecule has 0 aliphatic rings. The highest BCUT2D eigenvalue weighted by molar-refractivity contribution is 7.98. The molecule has 2 aromatic rings. The van der Waals surface area contributed by atoms with Crippen molar-refractivity contribution < 1.29 is 4.39 Å². The van der Waals surface area contributed by atoms with Gasteiger partial charge in [0.25, 0.3) is 5.56 Å². The number of amidine groups is 1. The lowest BCUT2D eigenvalue weighted by Crippen LogP contribution is -2.11. The molecule has 104 valence electrons. The van der Waals surface area contributed by atoms with Crippen LogP contribution in [0, 0.1) is 18.2 Å². The summed E-state index contributed by atoms with van der Waals surface area (Å²) in [5, 5.41) is 7.80. The van der Waals surface area contributed by atoms with Gasteiger partial charge >= 0.3 is 0 Å². The van der Waals surface area contributed by atoms with Gasteiger partial charge in [-0.25, -0.2) is 9.37 Å². The molecular weight excluding hydrogens is 279 g/mol. The Kier molecular flexibility index (Phi) is 4.19. The summed E-state index contributed by atoms with van der Waals surface area (Å²) >= 11 is 1.29. The van der Waals surface area contributed by atoms with Crippen LogP contribution in [-0.2, 0) is 5.75 Å². The van der Waals surface area contributed by atoms with E-state index >= 15 is 0 Å². The van der Waals surface area contributed by atoms with E-state index in [0.717, 1.165) is 0 Å². The van der Waals surface area contributed by atoms with Gasteiger partial charge in [-0.2, -0.15) is 0 Å². The topological polar surface area (TPSA) is 95.6 Å². The number of nitrogens with one attached hydrogen (secondary N) is 2. The zero-order chi connectivity index (χ0) is 14.7. The molecule has 0 spiro atoms. The minimum atomic E-state index is -0.445. The molecule has 0 aliphatic carbocycles. The number of H-pyrrole nitrogens is 1. The number of aromatic amines is 1. The minimum Gasteiger partial charge on any atom is -0.384 e. The molecule has 1 aromatic heterocycles. The quantitative estimate of drug-likeness (QED) is 0.346. The summed E-state index contributed by atoms with van der Waals surface area (Å²) in [6, 6.07) is 5.63. The zero-order valence-corrected chi connectivity index (χ0v) is 11.6. The van der Waals surface area contributed by atoms with Gasteiger partial charge < -0.3 is 10.7 Å². The van der Waals surface area contributed by atoms with Crippen LogP contribution >= 0.6 is 11.8 Å². The summed E-state index contributed by atoms with van der Waals surface area (Å²) in [7, 11) is 0. The molecule has 0 unspecified atom stereocenters. The lowest BCUT2D eigenvalue weighted by atomic mass is 10.1. The fraction of sp³-hybridized carbons (Fsp3) is 0.154. The Morgan fingerprint density at radius 2 is 2.20 bits per heavy atom. The Hall–Kier alpha value is -2.15. The zero-order valence-electron chi connectivity index (χ0n) is 10.7. The highest BCUT2D eigenvalue weighted by Gasteiger charge is 2.05. The number of halogens is 1. The highest BCUT2D eigenvalue weighted by Crippen LogP contribution is 2.20. The molecule has 1 aromatic carbocycles. The highest BCUT2D eigenvalue weighted by atomic mass is 32.2. The summed E-state index contributed by atoms with van der Waals surface area (Å²) in [6.07, 6.45) is 0. The van der Waals surface area contributed by atoms with E-state index in [1.54, 1.807) is 13.0 Å². The number of benzene rings is 1. The van der Waals surface area contributed by atoms with Crippen molar-refractivity contribution in [2.24, 2.45) is 5.73 Å². The number of rotatable bonds is 4. The van der Waals surface area contributed by atoms with Gasteiger partial charge in [0.05, 0.1) is 0 Å².